The average Bonchev–Trinajstić information content (AvgIpc) is 2.78. The van der Waals surface area contributed by atoms with Crippen molar-refractivity contribution in [1.82, 2.24) is 0 Å². The molecule has 0 atom stereocenters. The van der Waals surface area contributed by atoms with Gasteiger partial charge in [-0.25, -0.2) is 0 Å². The number of aliphatic hydroxyl groups is 1. The Kier molecular flexibility index (Phi) is 8.14. The van der Waals surface area contributed by atoms with Crippen molar-refractivity contribution in [2.24, 2.45) is 10.1 Å². The van der Waals surface area contributed by atoms with Crippen molar-refractivity contribution in [3.63, 3.8) is 0 Å². The summed E-state index contributed by atoms with van der Waals surface area (Å²) >= 11 is 1.10. The Hall–Kier alpha value is -2.59. The number of hydrogen-bond donors (Lipinski definition) is 4. The summed E-state index contributed by atoms with van der Waals surface area (Å²) in [5, 5.41) is 18.5. The maximum atomic E-state index is 13.0. The number of ether oxygens (including phenoxy) is 1. The van der Waals surface area contributed by atoms with Crippen molar-refractivity contribution in [3.05, 3.63) is 47.5 Å². The molecule has 0 aromatic heterocycles. The first-order chi connectivity index (χ1) is 15.3. The van der Waals surface area contributed by atoms with Gasteiger partial charge in [0.15, 0.2) is 0 Å². The summed E-state index contributed by atoms with van der Waals surface area (Å²) in [6, 6.07) is 10.9. The normalized spacial score (nSPS) is 14.7. The average molecular weight is 458 g/mol. The number of carbonyl (C=O) groups is 1. The van der Waals surface area contributed by atoms with Gasteiger partial charge in [-0.1, -0.05) is 6.07 Å². The van der Waals surface area contributed by atoms with Gasteiger partial charge in [-0.05, 0) is 62.5 Å². The van der Waals surface area contributed by atoms with E-state index in [-0.39, 0.29) is 5.91 Å². The molecule has 2 aromatic carbocycles. The third-order valence-corrected chi connectivity index (χ3v) is 5.64. The summed E-state index contributed by atoms with van der Waals surface area (Å²) < 4.78 is 5.47. The quantitative estimate of drug-likeness (QED) is 0.273. The maximum absolute atomic E-state index is 13.0. The molecule has 1 fully saturated rings. The minimum Gasteiger partial charge on any atom is -0.398 e. The summed E-state index contributed by atoms with van der Waals surface area (Å²) in [5.41, 5.74) is 8.83. The zero-order valence-corrected chi connectivity index (χ0v) is 19.3. The number of rotatable bonds is 8. The van der Waals surface area contributed by atoms with Gasteiger partial charge in [0, 0.05) is 47.6 Å². The van der Waals surface area contributed by atoms with Crippen LogP contribution < -0.4 is 21.1 Å². The molecule has 1 aliphatic heterocycles. The molecule has 3 rings (SSSR count). The van der Waals surface area contributed by atoms with E-state index < -0.39 is 5.60 Å². The van der Waals surface area contributed by atoms with Gasteiger partial charge in [-0.15, -0.1) is 0 Å². The number of carbonyl (C=O) groups excluding carboxylic acids is 1. The predicted octanol–water partition coefficient (Wildman–Crippen LogP) is 2.90. The van der Waals surface area contributed by atoms with Gasteiger partial charge in [-0.2, -0.15) is 0 Å². The largest absolute Gasteiger partial charge is 0.398 e. The molecule has 172 valence electrons. The highest BCUT2D eigenvalue weighted by molar-refractivity contribution is 7.97. The maximum Gasteiger partial charge on any atom is 0.255 e. The number of nitrogen functional groups attached to an aromatic ring is 1. The molecule has 0 saturated carbocycles. The molecule has 1 heterocycles. The predicted molar refractivity (Wildman–Crippen MR) is 132 cm³/mol. The molecule has 0 aliphatic carbocycles. The fourth-order valence-corrected chi connectivity index (χ4v) is 3.66. The number of amides is 1. The van der Waals surface area contributed by atoms with E-state index >= 15 is 0 Å². The number of nitrogens with two attached hydrogens (primary N) is 2. The van der Waals surface area contributed by atoms with Crippen molar-refractivity contribution in [1.29, 1.82) is 0 Å². The van der Waals surface area contributed by atoms with Gasteiger partial charge in [0.05, 0.1) is 30.2 Å². The number of morpholine rings is 1. The Labute approximate surface area is 193 Å². The van der Waals surface area contributed by atoms with Crippen LogP contribution in [0.2, 0.25) is 0 Å². The number of aliphatic imine (C=N–C) groups is 1. The van der Waals surface area contributed by atoms with E-state index in [1.807, 2.05) is 18.2 Å². The van der Waals surface area contributed by atoms with Crippen molar-refractivity contribution in [3.8, 4) is 0 Å². The number of anilines is 3. The minimum absolute atomic E-state index is 0.231. The van der Waals surface area contributed by atoms with E-state index in [0.717, 1.165) is 22.5 Å². The van der Waals surface area contributed by atoms with Crippen LogP contribution in [0.4, 0.5) is 17.1 Å². The fraction of sp³-hybridized carbons (Fsp3) is 0.391. The third kappa shape index (κ3) is 6.70. The first-order valence-electron chi connectivity index (χ1n) is 10.5. The van der Waals surface area contributed by atoms with E-state index in [1.165, 1.54) is 0 Å². The first-order valence-corrected chi connectivity index (χ1v) is 11.4. The lowest BCUT2D eigenvalue weighted by Crippen LogP contribution is -2.37. The van der Waals surface area contributed by atoms with Crippen LogP contribution in [0.25, 0.3) is 0 Å². The Morgan fingerprint density at radius 2 is 2.06 bits per heavy atom. The Morgan fingerprint density at radius 3 is 2.75 bits per heavy atom. The molecule has 0 unspecified atom stereocenters. The second-order valence-electron chi connectivity index (χ2n) is 8.30. The summed E-state index contributed by atoms with van der Waals surface area (Å²) in [4.78, 5) is 20.3. The molecule has 0 radical (unpaired) electrons. The van der Waals surface area contributed by atoms with Crippen LogP contribution in [0, 0.1) is 0 Å². The van der Waals surface area contributed by atoms with Crippen LogP contribution in [0.5, 0.6) is 0 Å². The number of hydrogen-bond acceptors (Lipinski definition) is 8. The SMILES string of the molecule is CC(C)(O)CCN=Cc1cc(NC(=O)c2cccc(SN)c2)c(N2CCOCC2)cc1N. The molecule has 1 amide bonds. The highest BCUT2D eigenvalue weighted by atomic mass is 32.2. The summed E-state index contributed by atoms with van der Waals surface area (Å²) in [6.45, 7) is 6.62. The topological polar surface area (TPSA) is 126 Å². The Bertz CT molecular complexity index is 969. The van der Waals surface area contributed by atoms with Crippen molar-refractivity contribution >= 4 is 41.1 Å². The van der Waals surface area contributed by atoms with Crippen LogP contribution in [-0.2, 0) is 4.74 Å². The lowest BCUT2D eigenvalue weighted by Gasteiger charge is -2.31. The molecule has 6 N–H and O–H groups in total. The zero-order valence-electron chi connectivity index (χ0n) is 18.5. The Balaban J connectivity index is 1.89. The molecule has 2 aromatic rings. The molecular formula is C23H31N5O3S. The van der Waals surface area contributed by atoms with Gasteiger partial charge < -0.3 is 25.8 Å². The second-order valence-corrected chi connectivity index (χ2v) is 9.00. The molecule has 1 aliphatic rings. The number of nitrogens with zero attached hydrogens (tertiary/aromatic N) is 2. The summed E-state index contributed by atoms with van der Waals surface area (Å²) in [7, 11) is 0. The standard InChI is InChI=1S/C23H31N5O3S/c1-23(2,30)6-7-26-15-17-13-20(21(14-19(17)24)28-8-10-31-11-9-28)27-22(29)16-4-3-5-18(12-16)32-25/h3-5,12-15,30H,6-11,24-25H2,1-2H3,(H,27,29). The van der Waals surface area contributed by atoms with Crippen molar-refractivity contribution < 1.29 is 14.6 Å². The molecular weight excluding hydrogens is 426 g/mol. The summed E-state index contributed by atoms with van der Waals surface area (Å²) in [5.74, 6) is -0.231. The van der Waals surface area contributed by atoms with E-state index in [9.17, 15) is 9.90 Å². The lowest BCUT2D eigenvalue weighted by molar-refractivity contribution is 0.0739. The van der Waals surface area contributed by atoms with E-state index in [2.05, 4.69) is 15.2 Å². The van der Waals surface area contributed by atoms with E-state index in [1.54, 1.807) is 38.3 Å². The van der Waals surface area contributed by atoms with Crippen LogP contribution in [0.3, 0.4) is 0 Å². The van der Waals surface area contributed by atoms with Gasteiger partial charge in [0.25, 0.3) is 5.91 Å². The molecule has 32 heavy (non-hydrogen) atoms. The molecule has 1 saturated heterocycles. The molecule has 8 nitrogen and oxygen atoms in total. The Morgan fingerprint density at radius 1 is 1.31 bits per heavy atom. The second kappa shape index (κ2) is 10.8. The molecule has 0 bridgehead atoms. The number of nitrogens with one attached hydrogen (secondary N) is 1. The monoisotopic (exact) mass is 457 g/mol. The zero-order chi connectivity index (χ0) is 23.1. The van der Waals surface area contributed by atoms with Crippen LogP contribution in [0.15, 0.2) is 46.3 Å². The van der Waals surface area contributed by atoms with E-state index in [0.29, 0.717) is 61.8 Å². The van der Waals surface area contributed by atoms with Crippen LogP contribution >= 0.6 is 11.9 Å². The first kappa shape index (κ1) is 24.1. The van der Waals surface area contributed by atoms with Gasteiger partial charge in [-0.3, -0.25) is 14.9 Å². The summed E-state index contributed by atoms with van der Waals surface area (Å²) in [6.07, 6.45) is 2.22. The lowest BCUT2D eigenvalue weighted by atomic mass is 10.1. The van der Waals surface area contributed by atoms with Gasteiger partial charge in [0.1, 0.15) is 0 Å². The highest BCUT2D eigenvalue weighted by Crippen LogP contribution is 2.32. The van der Waals surface area contributed by atoms with Crippen LogP contribution in [-0.4, -0.2) is 55.7 Å². The smallest absolute Gasteiger partial charge is 0.255 e. The fourth-order valence-electron chi connectivity index (χ4n) is 3.31. The van der Waals surface area contributed by atoms with E-state index in [4.69, 9.17) is 15.6 Å². The minimum atomic E-state index is -0.779. The molecule has 0 spiro atoms. The van der Waals surface area contributed by atoms with Crippen molar-refractivity contribution in [2.45, 2.75) is 30.8 Å². The van der Waals surface area contributed by atoms with Gasteiger partial charge in [0.2, 0.25) is 0 Å². The third-order valence-electron chi connectivity index (χ3n) is 5.12. The number of benzene rings is 2. The van der Waals surface area contributed by atoms with Crippen LogP contribution in [0.1, 0.15) is 36.2 Å². The van der Waals surface area contributed by atoms with Crippen molar-refractivity contribution in [2.75, 3.05) is 48.8 Å². The van der Waals surface area contributed by atoms with Gasteiger partial charge >= 0.3 is 0 Å². The highest BCUT2D eigenvalue weighted by Gasteiger charge is 2.19. The molecule has 9 heteroatoms.